The van der Waals surface area contributed by atoms with Crippen LogP contribution in [0.3, 0.4) is 0 Å². The van der Waals surface area contributed by atoms with Gasteiger partial charge in [0, 0.05) is 18.6 Å². The quantitative estimate of drug-likeness (QED) is 0.866. The lowest BCUT2D eigenvalue weighted by atomic mass is 10.3. The summed E-state index contributed by atoms with van der Waals surface area (Å²) in [7, 11) is 3.45. The molecule has 0 fully saturated rings. The Hall–Kier alpha value is -0.780. The van der Waals surface area contributed by atoms with Crippen molar-refractivity contribution in [1.29, 1.82) is 0 Å². The lowest BCUT2D eigenvalue weighted by Gasteiger charge is -2.12. The van der Waals surface area contributed by atoms with E-state index >= 15 is 0 Å². The minimum Gasteiger partial charge on any atom is -0.482 e. The normalized spacial score (nSPS) is 10.3. The van der Waals surface area contributed by atoms with E-state index in [0.717, 1.165) is 4.47 Å². The fourth-order valence-corrected chi connectivity index (χ4v) is 1.75. The minimum atomic E-state index is -0.232. The summed E-state index contributed by atoms with van der Waals surface area (Å²) in [6.07, 6.45) is 0. The number of hydrazine groups is 1. The first-order valence-corrected chi connectivity index (χ1v) is 5.71. The second-order valence-electron chi connectivity index (χ2n) is 3.29. The van der Waals surface area contributed by atoms with E-state index in [-0.39, 0.29) is 12.5 Å². The largest absolute Gasteiger partial charge is 0.482 e. The van der Waals surface area contributed by atoms with Gasteiger partial charge in [0.15, 0.2) is 6.61 Å². The highest BCUT2D eigenvalue weighted by atomic mass is 79.9. The molecule has 0 saturated heterocycles. The lowest BCUT2D eigenvalue weighted by Crippen LogP contribution is -2.39. The summed E-state index contributed by atoms with van der Waals surface area (Å²) in [5.41, 5.74) is 2.56. The van der Waals surface area contributed by atoms with Crippen LogP contribution in [0.4, 0.5) is 0 Å². The van der Waals surface area contributed by atoms with E-state index in [9.17, 15) is 4.79 Å². The number of rotatable bonds is 4. The Morgan fingerprint density at radius 1 is 1.56 bits per heavy atom. The van der Waals surface area contributed by atoms with Crippen molar-refractivity contribution < 1.29 is 9.53 Å². The SMILES string of the molecule is CN(C)NC(=O)COc1ccc(Br)cc1Cl. The van der Waals surface area contributed by atoms with Crippen molar-refractivity contribution in [2.75, 3.05) is 20.7 Å². The molecule has 88 valence electrons. The number of benzene rings is 1. The molecule has 0 atom stereocenters. The summed E-state index contributed by atoms with van der Waals surface area (Å²) in [4.78, 5) is 11.3. The van der Waals surface area contributed by atoms with Crippen molar-refractivity contribution in [3.05, 3.63) is 27.7 Å². The molecule has 0 aliphatic heterocycles. The van der Waals surface area contributed by atoms with Crippen LogP contribution in [0.1, 0.15) is 0 Å². The average Bonchev–Trinajstić information content (AvgIpc) is 2.15. The molecule has 0 aromatic heterocycles. The molecule has 4 nitrogen and oxygen atoms in total. The number of carbonyl (C=O) groups excluding carboxylic acids is 1. The second kappa shape index (κ2) is 6.08. The van der Waals surface area contributed by atoms with Crippen LogP contribution in [-0.4, -0.2) is 31.6 Å². The highest BCUT2D eigenvalue weighted by Crippen LogP contribution is 2.27. The first-order valence-electron chi connectivity index (χ1n) is 4.53. The minimum absolute atomic E-state index is 0.0699. The van der Waals surface area contributed by atoms with Crippen molar-refractivity contribution in [2.24, 2.45) is 0 Å². The van der Waals surface area contributed by atoms with Crippen LogP contribution < -0.4 is 10.2 Å². The lowest BCUT2D eigenvalue weighted by molar-refractivity contribution is -0.126. The molecule has 1 aromatic rings. The van der Waals surface area contributed by atoms with Crippen molar-refractivity contribution in [1.82, 2.24) is 10.4 Å². The van der Waals surface area contributed by atoms with Crippen molar-refractivity contribution in [3.63, 3.8) is 0 Å². The van der Waals surface area contributed by atoms with E-state index in [1.807, 2.05) is 0 Å². The molecule has 0 aliphatic carbocycles. The maximum Gasteiger partial charge on any atom is 0.272 e. The number of amides is 1. The molecule has 6 heteroatoms. The molecule has 0 bridgehead atoms. The summed E-state index contributed by atoms with van der Waals surface area (Å²) in [6, 6.07) is 5.21. The molecule has 0 saturated carbocycles. The smallest absolute Gasteiger partial charge is 0.272 e. The number of hydrogen-bond acceptors (Lipinski definition) is 3. The number of ether oxygens (including phenoxy) is 1. The van der Waals surface area contributed by atoms with E-state index in [1.165, 1.54) is 0 Å². The third-order valence-corrected chi connectivity index (χ3v) is 2.39. The van der Waals surface area contributed by atoms with Gasteiger partial charge in [-0.25, -0.2) is 5.01 Å². The third-order valence-electron chi connectivity index (χ3n) is 1.60. The molecule has 0 spiro atoms. The zero-order chi connectivity index (χ0) is 12.1. The molecule has 0 radical (unpaired) electrons. The standard InChI is InChI=1S/C10H12BrClN2O2/c1-14(2)13-10(15)6-16-9-4-3-7(11)5-8(9)12/h3-5H,6H2,1-2H3,(H,13,15). The summed E-state index contributed by atoms with van der Waals surface area (Å²) in [5.74, 6) is 0.253. The topological polar surface area (TPSA) is 41.6 Å². The average molecular weight is 308 g/mol. The highest BCUT2D eigenvalue weighted by Gasteiger charge is 2.06. The zero-order valence-corrected chi connectivity index (χ0v) is 11.3. The van der Waals surface area contributed by atoms with Crippen LogP contribution in [0, 0.1) is 0 Å². The van der Waals surface area contributed by atoms with E-state index in [1.54, 1.807) is 37.3 Å². The Kier molecular flexibility index (Phi) is 5.05. The Labute approximate surface area is 108 Å². The van der Waals surface area contributed by atoms with Gasteiger partial charge in [-0.15, -0.1) is 0 Å². The van der Waals surface area contributed by atoms with Gasteiger partial charge in [-0.1, -0.05) is 27.5 Å². The van der Waals surface area contributed by atoms with Gasteiger partial charge < -0.3 is 4.74 Å². The molecule has 0 aliphatic rings. The van der Waals surface area contributed by atoms with Crippen LogP contribution in [0.2, 0.25) is 5.02 Å². The molecular formula is C10H12BrClN2O2. The summed E-state index contributed by atoms with van der Waals surface area (Å²) < 4.78 is 6.13. The van der Waals surface area contributed by atoms with E-state index in [2.05, 4.69) is 21.4 Å². The van der Waals surface area contributed by atoms with Crippen molar-refractivity contribution in [2.45, 2.75) is 0 Å². The Morgan fingerprint density at radius 3 is 2.81 bits per heavy atom. The summed E-state index contributed by atoms with van der Waals surface area (Å²) >= 11 is 9.20. The number of nitrogens with zero attached hydrogens (tertiary/aromatic N) is 1. The van der Waals surface area contributed by atoms with E-state index < -0.39 is 0 Å². The van der Waals surface area contributed by atoms with Gasteiger partial charge in [0.2, 0.25) is 0 Å². The van der Waals surface area contributed by atoms with Crippen molar-refractivity contribution in [3.8, 4) is 5.75 Å². The monoisotopic (exact) mass is 306 g/mol. The number of carbonyl (C=O) groups is 1. The van der Waals surface area contributed by atoms with Gasteiger partial charge in [-0.2, -0.15) is 0 Å². The Morgan fingerprint density at radius 2 is 2.25 bits per heavy atom. The molecule has 0 heterocycles. The van der Waals surface area contributed by atoms with Crippen molar-refractivity contribution >= 4 is 33.4 Å². The predicted molar refractivity (Wildman–Crippen MR) is 66.5 cm³/mol. The first-order chi connectivity index (χ1) is 7.49. The zero-order valence-electron chi connectivity index (χ0n) is 8.96. The van der Waals surface area contributed by atoms with Crippen LogP contribution in [-0.2, 0) is 4.79 Å². The predicted octanol–water partition coefficient (Wildman–Crippen LogP) is 2.07. The number of halogens is 2. The van der Waals surface area contributed by atoms with Gasteiger partial charge in [0.05, 0.1) is 5.02 Å². The second-order valence-corrected chi connectivity index (χ2v) is 4.62. The Balaban J connectivity index is 2.51. The van der Waals surface area contributed by atoms with Gasteiger partial charge in [-0.05, 0) is 18.2 Å². The fraction of sp³-hybridized carbons (Fsp3) is 0.300. The van der Waals surface area contributed by atoms with E-state index in [0.29, 0.717) is 10.8 Å². The van der Waals surface area contributed by atoms with E-state index in [4.69, 9.17) is 16.3 Å². The maximum atomic E-state index is 11.3. The molecule has 1 rings (SSSR count). The Bertz CT molecular complexity index is 385. The molecular weight excluding hydrogens is 295 g/mol. The molecule has 16 heavy (non-hydrogen) atoms. The van der Waals surface area contributed by atoms with Gasteiger partial charge in [-0.3, -0.25) is 10.2 Å². The van der Waals surface area contributed by atoms with Crippen LogP contribution in [0.25, 0.3) is 0 Å². The number of nitrogens with one attached hydrogen (secondary N) is 1. The van der Waals surface area contributed by atoms with Gasteiger partial charge in [0.25, 0.3) is 5.91 Å². The first kappa shape index (κ1) is 13.3. The summed E-state index contributed by atoms with van der Waals surface area (Å²) in [5, 5.41) is 2.02. The molecule has 1 amide bonds. The van der Waals surface area contributed by atoms with Gasteiger partial charge in [0.1, 0.15) is 5.75 Å². The molecule has 0 unspecified atom stereocenters. The maximum absolute atomic E-state index is 11.3. The van der Waals surface area contributed by atoms with Crippen LogP contribution in [0.5, 0.6) is 5.75 Å². The highest BCUT2D eigenvalue weighted by molar-refractivity contribution is 9.10. The third kappa shape index (κ3) is 4.38. The van der Waals surface area contributed by atoms with Gasteiger partial charge >= 0.3 is 0 Å². The fourth-order valence-electron chi connectivity index (χ4n) is 1.02. The molecule has 1 aromatic carbocycles. The summed E-state index contributed by atoms with van der Waals surface area (Å²) in [6.45, 7) is -0.0699. The number of hydrogen-bond donors (Lipinski definition) is 1. The van der Waals surface area contributed by atoms with Crippen LogP contribution in [0.15, 0.2) is 22.7 Å². The molecule has 1 N–H and O–H groups in total. The van der Waals surface area contributed by atoms with Crippen LogP contribution >= 0.6 is 27.5 Å².